The van der Waals surface area contributed by atoms with Crippen molar-refractivity contribution in [1.29, 1.82) is 0 Å². The lowest BCUT2D eigenvalue weighted by Crippen LogP contribution is -2.52. The molecule has 1 aliphatic carbocycles. The molecule has 2 aliphatic heterocycles. The van der Waals surface area contributed by atoms with Crippen molar-refractivity contribution in [3.63, 3.8) is 0 Å². The number of thiophene rings is 1. The number of amides is 2. The fourth-order valence-electron chi connectivity index (χ4n) is 8.50. The van der Waals surface area contributed by atoms with Crippen LogP contribution < -0.4 is 10.2 Å². The molecule has 10 heteroatoms. The van der Waals surface area contributed by atoms with E-state index in [1.165, 1.54) is 62.7 Å². The number of carbonyl (C=O) groups is 3. The zero-order valence-electron chi connectivity index (χ0n) is 31.5. The number of rotatable bonds is 11. The minimum Gasteiger partial charge on any atom is -0.481 e. The predicted molar refractivity (Wildman–Crippen MR) is 208 cm³/mol. The first kappa shape index (κ1) is 38.0. The lowest BCUT2D eigenvalue weighted by atomic mass is 9.72. The maximum atomic E-state index is 13.8. The Labute approximate surface area is 313 Å². The Morgan fingerprint density at radius 1 is 0.865 bits per heavy atom. The quantitative estimate of drug-likeness (QED) is 0.206. The molecular weight excluding hydrogens is 671 g/mol. The predicted octanol–water partition coefficient (Wildman–Crippen LogP) is 7.99. The average Bonchev–Trinajstić information content (AvgIpc) is 3.67. The van der Waals surface area contributed by atoms with Gasteiger partial charge in [0.2, 0.25) is 5.91 Å². The van der Waals surface area contributed by atoms with Crippen LogP contribution in [-0.4, -0.2) is 70.0 Å². The van der Waals surface area contributed by atoms with E-state index in [1.54, 1.807) is 4.90 Å². The van der Waals surface area contributed by atoms with Gasteiger partial charge in [-0.25, -0.2) is 9.97 Å². The van der Waals surface area contributed by atoms with E-state index in [4.69, 9.17) is 9.97 Å². The Hall–Kier alpha value is -3.79. The molecule has 52 heavy (non-hydrogen) atoms. The van der Waals surface area contributed by atoms with Gasteiger partial charge >= 0.3 is 5.97 Å². The van der Waals surface area contributed by atoms with Crippen molar-refractivity contribution < 1.29 is 19.5 Å². The van der Waals surface area contributed by atoms with Gasteiger partial charge in [0.05, 0.1) is 28.9 Å². The van der Waals surface area contributed by atoms with Crippen LogP contribution in [0.2, 0.25) is 0 Å². The van der Waals surface area contributed by atoms with Gasteiger partial charge in [-0.1, -0.05) is 77.6 Å². The first-order valence-electron chi connectivity index (χ1n) is 19.6. The summed E-state index contributed by atoms with van der Waals surface area (Å²) in [6.45, 7) is 11.5. The van der Waals surface area contributed by atoms with E-state index in [9.17, 15) is 19.5 Å². The maximum absolute atomic E-state index is 13.8. The molecule has 0 bridgehead atoms. The average molecular weight is 728 g/mol. The Morgan fingerprint density at radius 2 is 1.50 bits per heavy atom. The molecule has 2 saturated heterocycles. The van der Waals surface area contributed by atoms with Crippen LogP contribution in [0.5, 0.6) is 0 Å². The van der Waals surface area contributed by atoms with E-state index in [-0.39, 0.29) is 17.2 Å². The Bertz CT molecular complexity index is 1640. The van der Waals surface area contributed by atoms with Gasteiger partial charge in [-0.2, -0.15) is 0 Å². The summed E-state index contributed by atoms with van der Waals surface area (Å²) in [5, 5.41) is 12.5. The Morgan fingerprint density at radius 3 is 2.08 bits per heavy atom. The molecule has 2 amide bonds. The maximum Gasteiger partial charge on any atom is 0.306 e. The molecule has 1 saturated carbocycles. The van der Waals surface area contributed by atoms with Gasteiger partial charge in [0.1, 0.15) is 6.04 Å². The third-order valence-corrected chi connectivity index (χ3v) is 13.3. The number of likely N-dealkylation sites (tertiary alicyclic amines) is 1. The molecule has 0 unspecified atom stereocenters. The Balaban J connectivity index is 1.07. The molecule has 0 radical (unpaired) electrons. The number of benzene rings is 1. The molecule has 1 atom stereocenters. The summed E-state index contributed by atoms with van der Waals surface area (Å²) in [6, 6.07) is 10.9. The standard InChI is InChI=1S/C42H57N5O4S/c1-5-6-28-7-11-30(12-8-28)31-17-21-46(22-18-31)34-26-43-38(44-27-34)32-13-9-29(10-14-32)25-35(40(49)47-23-19-33(20-24-47)41(50)51)45-39(48)36-15-16-37(52-36)42(2,3)4/h9-10,13-16,26-28,30-31,33,35H,5-8,11-12,17-25H2,1-4H3,(H,45,48)(H,50,51)/t28?,30?,35-/m0/s1. The topological polar surface area (TPSA) is 116 Å². The molecule has 2 aromatic heterocycles. The van der Waals surface area contributed by atoms with Crippen LogP contribution in [0.4, 0.5) is 5.69 Å². The second-order valence-corrected chi connectivity index (χ2v) is 17.5. The first-order valence-corrected chi connectivity index (χ1v) is 20.4. The van der Waals surface area contributed by atoms with Crippen LogP contribution >= 0.6 is 11.3 Å². The number of aromatic nitrogens is 2. The van der Waals surface area contributed by atoms with Crippen molar-refractivity contribution >= 4 is 34.8 Å². The molecule has 3 aromatic rings. The molecule has 3 aliphatic rings. The third kappa shape index (κ3) is 9.41. The van der Waals surface area contributed by atoms with Gasteiger partial charge in [0.25, 0.3) is 5.91 Å². The van der Waals surface area contributed by atoms with Crippen molar-refractivity contribution in [1.82, 2.24) is 20.2 Å². The van der Waals surface area contributed by atoms with Crippen LogP contribution in [0.1, 0.15) is 112 Å². The number of carboxylic acid groups (broad SMARTS) is 1. The van der Waals surface area contributed by atoms with Crippen molar-refractivity contribution in [3.8, 4) is 11.4 Å². The van der Waals surface area contributed by atoms with E-state index in [1.807, 2.05) is 48.8 Å². The molecular formula is C42H57N5O4S. The van der Waals surface area contributed by atoms with Gasteiger partial charge in [-0.15, -0.1) is 11.3 Å². The van der Waals surface area contributed by atoms with E-state index in [2.05, 4.69) is 37.9 Å². The highest BCUT2D eigenvalue weighted by Gasteiger charge is 2.33. The molecule has 3 fully saturated rings. The summed E-state index contributed by atoms with van der Waals surface area (Å²) in [4.78, 5) is 54.1. The van der Waals surface area contributed by atoms with Crippen molar-refractivity contribution in [2.75, 3.05) is 31.1 Å². The number of hydrogen-bond donors (Lipinski definition) is 2. The van der Waals surface area contributed by atoms with Crippen LogP contribution in [0.3, 0.4) is 0 Å². The number of anilines is 1. The van der Waals surface area contributed by atoms with E-state index >= 15 is 0 Å². The highest BCUT2D eigenvalue weighted by atomic mass is 32.1. The third-order valence-electron chi connectivity index (χ3n) is 11.8. The van der Waals surface area contributed by atoms with Crippen LogP contribution in [0, 0.1) is 23.7 Å². The SMILES string of the molecule is CCCC1CCC(C2CCN(c3cnc(-c4ccc(C[C@H](NC(=O)c5ccc(C(C)(C)C)s5)C(=O)N5CCC(C(=O)O)CC5)cc4)nc3)CC2)CC1. The van der Waals surface area contributed by atoms with Crippen molar-refractivity contribution in [3.05, 3.63) is 64.1 Å². The summed E-state index contributed by atoms with van der Waals surface area (Å²) < 4.78 is 0. The second kappa shape index (κ2) is 16.9. The molecule has 6 rings (SSSR count). The number of aliphatic carboxylic acids is 1. The zero-order valence-corrected chi connectivity index (χ0v) is 32.3. The molecule has 280 valence electrons. The molecule has 9 nitrogen and oxygen atoms in total. The minimum absolute atomic E-state index is 0.0808. The molecule has 4 heterocycles. The summed E-state index contributed by atoms with van der Waals surface area (Å²) >= 11 is 1.44. The summed E-state index contributed by atoms with van der Waals surface area (Å²) in [7, 11) is 0. The number of carboxylic acids is 1. The molecule has 0 spiro atoms. The van der Waals surface area contributed by atoms with Gasteiger partial charge < -0.3 is 20.2 Å². The van der Waals surface area contributed by atoms with Crippen LogP contribution in [0.15, 0.2) is 48.8 Å². The number of piperidine rings is 2. The van der Waals surface area contributed by atoms with E-state index < -0.39 is 17.9 Å². The fraction of sp³-hybridized carbons (Fsp3) is 0.595. The largest absolute Gasteiger partial charge is 0.481 e. The number of nitrogens with one attached hydrogen (secondary N) is 1. The number of carbonyl (C=O) groups excluding carboxylic acids is 2. The Kier molecular flexibility index (Phi) is 12.3. The summed E-state index contributed by atoms with van der Waals surface area (Å²) in [6.07, 6.45) is 15.9. The zero-order chi connectivity index (χ0) is 36.8. The smallest absolute Gasteiger partial charge is 0.306 e. The second-order valence-electron chi connectivity index (χ2n) is 16.4. The molecule has 1 aromatic carbocycles. The molecule has 2 N–H and O–H groups in total. The number of nitrogens with zero attached hydrogens (tertiary/aromatic N) is 4. The van der Waals surface area contributed by atoms with Gasteiger partial charge in [0.15, 0.2) is 5.82 Å². The lowest BCUT2D eigenvalue weighted by Gasteiger charge is -2.39. The lowest BCUT2D eigenvalue weighted by molar-refractivity contribution is -0.146. The van der Waals surface area contributed by atoms with Gasteiger partial charge in [-0.3, -0.25) is 14.4 Å². The summed E-state index contributed by atoms with van der Waals surface area (Å²) in [5.41, 5.74) is 2.80. The highest BCUT2D eigenvalue weighted by molar-refractivity contribution is 7.14. The van der Waals surface area contributed by atoms with Crippen LogP contribution in [-0.2, 0) is 21.4 Å². The normalized spacial score (nSPS) is 21.2. The van der Waals surface area contributed by atoms with Crippen LogP contribution in [0.25, 0.3) is 11.4 Å². The van der Waals surface area contributed by atoms with Crippen molar-refractivity contribution in [2.24, 2.45) is 23.7 Å². The van der Waals surface area contributed by atoms with Gasteiger partial charge in [0, 0.05) is 43.0 Å². The minimum atomic E-state index is -0.821. The highest BCUT2D eigenvalue weighted by Crippen LogP contribution is 2.40. The number of hydrogen-bond acceptors (Lipinski definition) is 7. The summed E-state index contributed by atoms with van der Waals surface area (Å²) in [5.74, 6) is 1.64. The van der Waals surface area contributed by atoms with E-state index in [0.29, 0.717) is 43.1 Å². The first-order chi connectivity index (χ1) is 25.0. The fourth-order valence-corrected chi connectivity index (χ4v) is 9.47. The van der Waals surface area contributed by atoms with Crippen molar-refractivity contribution in [2.45, 2.75) is 110 Å². The van der Waals surface area contributed by atoms with Gasteiger partial charge in [-0.05, 0) is 79.4 Å². The van der Waals surface area contributed by atoms with E-state index in [0.717, 1.165) is 52.5 Å². The monoisotopic (exact) mass is 727 g/mol.